The summed E-state index contributed by atoms with van der Waals surface area (Å²) in [5, 5.41) is 4.34. The number of hydrogen-bond acceptors (Lipinski definition) is 8. The van der Waals surface area contributed by atoms with Crippen LogP contribution in [0.15, 0.2) is 35.3 Å². The molecule has 1 atom stereocenters. The van der Waals surface area contributed by atoms with Crippen molar-refractivity contribution in [3.8, 4) is 11.4 Å². The summed E-state index contributed by atoms with van der Waals surface area (Å²) in [6.45, 7) is 9.67. The predicted octanol–water partition coefficient (Wildman–Crippen LogP) is 2.99. The fourth-order valence-electron chi connectivity index (χ4n) is 4.52. The van der Waals surface area contributed by atoms with Gasteiger partial charge in [0.25, 0.3) is 0 Å². The molecule has 214 valence electrons. The van der Waals surface area contributed by atoms with Crippen LogP contribution in [0.1, 0.15) is 34.1 Å². The number of sulfonamides is 1. The van der Waals surface area contributed by atoms with Gasteiger partial charge < -0.3 is 19.3 Å². The fourth-order valence-corrected chi connectivity index (χ4v) is 5.98. The van der Waals surface area contributed by atoms with Crippen molar-refractivity contribution in [3.63, 3.8) is 0 Å². The zero-order valence-corrected chi connectivity index (χ0v) is 24.3. The number of rotatable bonds is 8. The summed E-state index contributed by atoms with van der Waals surface area (Å²) >= 11 is 6.16. The van der Waals surface area contributed by atoms with Crippen molar-refractivity contribution in [1.29, 1.82) is 0 Å². The number of carbonyl (C=O) groups excluding carboxylic acids is 1. The van der Waals surface area contributed by atoms with Crippen molar-refractivity contribution in [1.82, 2.24) is 19.0 Å². The van der Waals surface area contributed by atoms with Crippen LogP contribution >= 0.6 is 11.6 Å². The molecule has 2 aliphatic heterocycles. The van der Waals surface area contributed by atoms with E-state index in [1.54, 1.807) is 49.2 Å². The number of carbonyl (C=O) groups is 1. The molecule has 0 aliphatic carbocycles. The second-order valence-corrected chi connectivity index (χ2v) is 13.4. The highest BCUT2D eigenvalue weighted by Crippen LogP contribution is 2.29. The van der Waals surface area contributed by atoms with Crippen LogP contribution < -0.4 is 15.2 Å². The molecule has 3 heterocycles. The topological polar surface area (TPSA) is 114 Å². The smallest absolute Gasteiger partial charge is 0.409 e. The number of halogens is 1. The standard InChI is InChI=1S/C26H36ClN5O6S/c1-18(2)17-37-26(34)30-9-8-22(16-30)38-24-23(29-10-12-31(13-11-29)39(35,36)19(3)4)15-28-32(25(24)33)21-7-5-6-20(27)14-21/h5-7,14-15,18-19,22H,8-13,16-17H2,1-4H3/t22-/m1/s1. The van der Waals surface area contributed by atoms with Crippen molar-refractivity contribution < 1.29 is 22.7 Å². The molecule has 2 fully saturated rings. The predicted molar refractivity (Wildman–Crippen MR) is 149 cm³/mol. The van der Waals surface area contributed by atoms with Crippen molar-refractivity contribution in [2.75, 3.05) is 50.8 Å². The van der Waals surface area contributed by atoms with E-state index >= 15 is 0 Å². The van der Waals surface area contributed by atoms with Gasteiger partial charge in [-0.15, -0.1) is 0 Å². The SMILES string of the molecule is CC(C)COC(=O)N1CC[C@@H](Oc2c(N3CCN(S(=O)(=O)C(C)C)CC3)cnn(-c3cccc(Cl)c3)c2=O)C1. The van der Waals surface area contributed by atoms with Gasteiger partial charge in [0, 0.05) is 44.2 Å². The van der Waals surface area contributed by atoms with Crippen LogP contribution in [0.5, 0.6) is 5.75 Å². The lowest BCUT2D eigenvalue weighted by molar-refractivity contribution is 0.0948. The first kappa shape index (κ1) is 29.2. The van der Waals surface area contributed by atoms with E-state index in [-0.39, 0.29) is 31.3 Å². The quantitative estimate of drug-likeness (QED) is 0.467. The number of hydrogen-bond donors (Lipinski definition) is 0. The number of anilines is 1. The number of piperazine rings is 1. The van der Waals surface area contributed by atoms with Gasteiger partial charge in [0.05, 0.1) is 30.3 Å². The Hall–Kier alpha value is -2.83. The molecule has 2 aliphatic rings. The molecule has 11 nitrogen and oxygen atoms in total. The zero-order valence-electron chi connectivity index (χ0n) is 22.7. The number of benzene rings is 1. The lowest BCUT2D eigenvalue weighted by Gasteiger charge is -2.36. The molecule has 4 rings (SSSR count). The maximum absolute atomic E-state index is 13.7. The molecule has 0 bridgehead atoms. The molecule has 1 aromatic carbocycles. The van der Waals surface area contributed by atoms with Crippen molar-refractivity contribution in [2.45, 2.75) is 45.5 Å². The molecular formula is C26H36ClN5O6S. The Morgan fingerprint density at radius 3 is 2.49 bits per heavy atom. The molecular weight excluding hydrogens is 546 g/mol. The monoisotopic (exact) mass is 581 g/mol. The number of aromatic nitrogens is 2. The molecule has 1 amide bonds. The van der Waals surface area contributed by atoms with Crippen LogP contribution in [0, 0.1) is 5.92 Å². The van der Waals surface area contributed by atoms with Gasteiger partial charge in [-0.2, -0.15) is 14.1 Å². The van der Waals surface area contributed by atoms with Gasteiger partial charge in [-0.1, -0.05) is 31.5 Å². The Bertz CT molecular complexity index is 1340. The summed E-state index contributed by atoms with van der Waals surface area (Å²) in [6.07, 6.45) is 1.29. The summed E-state index contributed by atoms with van der Waals surface area (Å²) in [7, 11) is -3.38. The molecule has 0 unspecified atom stereocenters. The van der Waals surface area contributed by atoms with Gasteiger partial charge in [-0.05, 0) is 38.0 Å². The van der Waals surface area contributed by atoms with Gasteiger partial charge in [-0.3, -0.25) is 4.79 Å². The Balaban J connectivity index is 1.59. The Morgan fingerprint density at radius 2 is 1.85 bits per heavy atom. The zero-order chi connectivity index (χ0) is 28.3. The second-order valence-electron chi connectivity index (χ2n) is 10.5. The maximum Gasteiger partial charge on any atom is 0.409 e. The van der Waals surface area contributed by atoms with Gasteiger partial charge in [-0.25, -0.2) is 13.2 Å². The van der Waals surface area contributed by atoms with Crippen molar-refractivity contribution in [3.05, 3.63) is 45.8 Å². The van der Waals surface area contributed by atoms with Crippen LogP contribution in [0.3, 0.4) is 0 Å². The van der Waals surface area contributed by atoms with Crippen molar-refractivity contribution in [2.24, 2.45) is 5.92 Å². The first-order valence-electron chi connectivity index (χ1n) is 13.2. The Kier molecular flexibility index (Phi) is 9.07. The molecule has 0 N–H and O–H groups in total. The van der Waals surface area contributed by atoms with E-state index in [9.17, 15) is 18.0 Å². The molecule has 0 saturated carbocycles. The van der Waals surface area contributed by atoms with E-state index in [2.05, 4.69) is 5.10 Å². The average Bonchev–Trinajstić information content (AvgIpc) is 3.37. The first-order valence-corrected chi connectivity index (χ1v) is 15.1. The van der Waals surface area contributed by atoms with Crippen LogP contribution in [0.25, 0.3) is 5.69 Å². The highest BCUT2D eigenvalue weighted by atomic mass is 35.5. The minimum absolute atomic E-state index is 0.104. The largest absolute Gasteiger partial charge is 0.481 e. The summed E-state index contributed by atoms with van der Waals surface area (Å²) in [5.74, 6) is 0.330. The van der Waals surface area contributed by atoms with E-state index < -0.39 is 33.0 Å². The highest BCUT2D eigenvalue weighted by molar-refractivity contribution is 7.89. The Labute approximate surface area is 234 Å². The summed E-state index contributed by atoms with van der Waals surface area (Å²) < 4.78 is 39.6. The van der Waals surface area contributed by atoms with Crippen LogP contribution in [0.2, 0.25) is 5.02 Å². The van der Waals surface area contributed by atoms with Crippen LogP contribution in [0.4, 0.5) is 10.5 Å². The maximum atomic E-state index is 13.7. The van der Waals surface area contributed by atoms with Crippen molar-refractivity contribution >= 4 is 33.4 Å². The number of likely N-dealkylation sites (tertiary alicyclic amines) is 1. The molecule has 13 heteroatoms. The fraction of sp³-hybridized carbons (Fsp3) is 0.577. The first-order chi connectivity index (χ1) is 18.5. The lowest BCUT2D eigenvalue weighted by atomic mass is 10.2. The Morgan fingerprint density at radius 1 is 1.13 bits per heavy atom. The average molecular weight is 582 g/mol. The highest BCUT2D eigenvalue weighted by Gasteiger charge is 2.33. The van der Waals surface area contributed by atoms with Gasteiger partial charge >= 0.3 is 11.7 Å². The molecule has 0 spiro atoms. The van der Waals surface area contributed by atoms with Gasteiger partial charge in [0.1, 0.15) is 11.8 Å². The number of amides is 1. The minimum atomic E-state index is -3.38. The number of nitrogens with zero attached hydrogens (tertiary/aromatic N) is 5. The molecule has 0 radical (unpaired) electrons. The summed E-state index contributed by atoms with van der Waals surface area (Å²) in [6, 6.07) is 6.79. The minimum Gasteiger partial charge on any atom is -0.481 e. The normalized spacial score (nSPS) is 18.7. The van der Waals surface area contributed by atoms with Gasteiger partial charge in [0.2, 0.25) is 15.8 Å². The van der Waals surface area contributed by atoms with Crippen LogP contribution in [-0.2, 0) is 14.8 Å². The third kappa shape index (κ3) is 6.67. The molecule has 1 aromatic heterocycles. The van der Waals surface area contributed by atoms with Crippen LogP contribution in [-0.4, -0.2) is 90.7 Å². The van der Waals surface area contributed by atoms with Gasteiger partial charge in [0.15, 0.2) is 0 Å². The third-order valence-corrected chi connectivity index (χ3v) is 9.24. The van der Waals surface area contributed by atoms with E-state index in [4.69, 9.17) is 21.1 Å². The summed E-state index contributed by atoms with van der Waals surface area (Å²) in [5.41, 5.74) is 0.510. The molecule has 2 aromatic rings. The van der Waals surface area contributed by atoms with E-state index in [1.807, 2.05) is 18.7 Å². The molecule has 2 saturated heterocycles. The van der Waals surface area contributed by atoms with E-state index in [0.29, 0.717) is 49.1 Å². The molecule has 39 heavy (non-hydrogen) atoms. The summed E-state index contributed by atoms with van der Waals surface area (Å²) in [4.78, 5) is 29.7. The second kappa shape index (κ2) is 12.1. The number of ether oxygens (including phenoxy) is 2. The van der Waals surface area contributed by atoms with E-state index in [0.717, 1.165) is 0 Å². The third-order valence-electron chi connectivity index (χ3n) is 6.73. The van der Waals surface area contributed by atoms with E-state index in [1.165, 1.54) is 8.99 Å². The lowest BCUT2D eigenvalue weighted by Crippen LogP contribution is -2.50.